The lowest BCUT2D eigenvalue weighted by Gasteiger charge is -2.21. The Hall–Kier alpha value is -2.11. The summed E-state index contributed by atoms with van der Waals surface area (Å²) < 4.78 is 1.35. The molecule has 0 saturated heterocycles. The molecule has 122 valence electrons. The molecule has 1 rings (SSSR count). The lowest BCUT2D eigenvalue weighted by molar-refractivity contribution is -0.142. The third kappa shape index (κ3) is 4.72. The Kier molecular flexibility index (Phi) is 6.82. The Morgan fingerprint density at radius 2 is 2.05 bits per heavy atom. The fraction of sp³-hybridized carbons (Fsp3) is 0.562. The van der Waals surface area contributed by atoms with Crippen LogP contribution in [-0.2, 0) is 9.59 Å². The maximum Gasteiger partial charge on any atom is 0.326 e. The molecular weight excluding hydrogens is 284 g/mol. The molecule has 0 aliphatic carbocycles. The predicted octanol–water partition coefficient (Wildman–Crippen LogP) is 1.87. The number of unbranched alkanes of at least 4 members (excludes halogenated alkanes) is 1. The fourth-order valence-electron chi connectivity index (χ4n) is 2.29. The van der Waals surface area contributed by atoms with Crippen molar-refractivity contribution in [3.8, 4) is 0 Å². The number of carboxylic acids is 1. The summed E-state index contributed by atoms with van der Waals surface area (Å²) >= 11 is 0. The largest absolute Gasteiger partial charge is 0.480 e. The van der Waals surface area contributed by atoms with Gasteiger partial charge in [0.2, 0.25) is 5.91 Å². The van der Waals surface area contributed by atoms with Gasteiger partial charge in [0, 0.05) is 12.3 Å². The highest BCUT2D eigenvalue weighted by molar-refractivity contribution is 5.85. The molecule has 0 aliphatic rings. The lowest BCUT2D eigenvalue weighted by atomic mass is 10.1. The molecule has 0 bridgehead atoms. The van der Waals surface area contributed by atoms with Crippen LogP contribution in [0.15, 0.2) is 23.1 Å². The number of rotatable bonds is 8. The lowest BCUT2D eigenvalue weighted by Crippen LogP contribution is -2.45. The van der Waals surface area contributed by atoms with E-state index in [-0.39, 0.29) is 5.56 Å². The van der Waals surface area contributed by atoms with Gasteiger partial charge in [-0.25, -0.2) is 4.79 Å². The van der Waals surface area contributed by atoms with Gasteiger partial charge in [0.15, 0.2) is 0 Å². The molecule has 0 spiro atoms. The molecule has 1 heterocycles. The Balaban J connectivity index is 2.91. The third-order valence-corrected chi connectivity index (χ3v) is 3.59. The summed E-state index contributed by atoms with van der Waals surface area (Å²) in [7, 11) is 0. The molecule has 0 radical (unpaired) electrons. The number of nitrogens with zero attached hydrogens (tertiary/aromatic N) is 1. The van der Waals surface area contributed by atoms with Gasteiger partial charge in [0.25, 0.3) is 5.56 Å². The molecular formula is C16H24N2O4. The monoisotopic (exact) mass is 308 g/mol. The summed E-state index contributed by atoms with van der Waals surface area (Å²) in [6, 6.07) is 1.60. The first kappa shape index (κ1) is 17.9. The van der Waals surface area contributed by atoms with Crippen molar-refractivity contribution in [2.24, 2.45) is 0 Å². The molecule has 22 heavy (non-hydrogen) atoms. The number of amides is 1. The maximum absolute atomic E-state index is 12.4. The van der Waals surface area contributed by atoms with Crippen molar-refractivity contribution < 1.29 is 14.7 Å². The van der Waals surface area contributed by atoms with Gasteiger partial charge in [-0.3, -0.25) is 9.59 Å². The summed E-state index contributed by atoms with van der Waals surface area (Å²) in [4.78, 5) is 35.6. The van der Waals surface area contributed by atoms with E-state index >= 15 is 0 Å². The summed E-state index contributed by atoms with van der Waals surface area (Å²) in [5, 5.41) is 11.7. The van der Waals surface area contributed by atoms with Crippen molar-refractivity contribution in [2.75, 3.05) is 0 Å². The number of hydrogen-bond donors (Lipinski definition) is 2. The van der Waals surface area contributed by atoms with Gasteiger partial charge >= 0.3 is 5.97 Å². The minimum absolute atomic E-state index is 0.262. The van der Waals surface area contributed by atoms with Crippen LogP contribution in [0.25, 0.3) is 0 Å². The number of aromatic nitrogens is 1. The molecule has 2 atom stereocenters. The van der Waals surface area contributed by atoms with Gasteiger partial charge in [0.05, 0.1) is 0 Å². The first-order valence-electron chi connectivity index (χ1n) is 7.62. The van der Waals surface area contributed by atoms with E-state index in [9.17, 15) is 19.5 Å². The van der Waals surface area contributed by atoms with Crippen LogP contribution in [0.1, 0.15) is 51.1 Å². The summed E-state index contributed by atoms with van der Waals surface area (Å²) in [6.45, 7) is 5.55. The smallest absolute Gasteiger partial charge is 0.326 e. The van der Waals surface area contributed by atoms with Crippen LogP contribution >= 0.6 is 0 Å². The number of hydrogen-bond acceptors (Lipinski definition) is 3. The highest BCUT2D eigenvalue weighted by Crippen LogP contribution is 2.11. The van der Waals surface area contributed by atoms with Crippen LogP contribution in [0.5, 0.6) is 0 Å². The Labute approximate surface area is 130 Å². The van der Waals surface area contributed by atoms with E-state index in [0.29, 0.717) is 12.8 Å². The fourth-order valence-corrected chi connectivity index (χ4v) is 2.29. The molecule has 0 aromatic carbocycles. The van der Waals surface area contributed by atoms with Crippen LogP contribution in [-0.4, -0.2) is 27.6 Å². The molecule has 0 saturated carbocycles. The van der Waals surface area contributed by atoms with E-state index in [1.807, 2.05) is 6.92 Å². The van der Waals surface area contributed by atoms with Crippen molar-refractivity contribution in [3.05, 3.63) is 34.2 Å². The SMILES string of the molecule is CCCCC(NC(=O)C(CC)n1ccc(C)cc1=O)C(=O)O. The van der Waals surface area contributed by atoms with E-state index in [4.69, 9.17) is 0 Å². The highest BCUT2D eigenvalue weighted by Gasteiger charge is 2.25. The van der Waals surface area contributed by atoms with Crippen LogP contribution in [0, 0.1) is 6.92 Å². The summed E-state index contributed by atoms with van der Waals surface area (Å²) in [5.74, 6) is -1.48. The molecule has 1 aromatic rings. The van der Waals surface area contributed by atoms with Gasteiger partial charge in [-0.1, -0.05) is 26.7 Å². The summed E-state index contributed by atoms with van der Waals surface area (Å²) in [6.07, 6.45) is 3.95. The molecule has 6 nitrogen and oxygen atoms in total. The maximum atomic E-state index is 12.4. The minimum Gasteiger partial charge on any atom is -0.480 e. The second-order valence-corrected chi connectivity index (χ2v) is 5.42. The zero-order chi connectivity index (χ0) is 16.7. The topological polar surface area (TPSA) is 88.4 Å². The standard InChI is InChI=1S/C16H24N2O4/c1-4-6-7-12(16(21)22)17-15(20)13(5-2)18-9-8-11(3)10-14(18)19/h8-10,12-13H,4-7H2,1-3H3,(H,17,20)(H,21,22). The second-order valence-electron chi connectivity index (χ2n) is 5.42. The van der Waals surface area contributed by atoms with Crippen LogP contribution in [0.2, 0.25) is 0 Å². The summed E-state index contributed by atoms with van der Waals surface area (Å²) in [5.41, 5.74) is 0.560. The van der Waals surface area contributed by atoms with E-state index in [0.717, 1.165) is 18.4 Å². The average molecular weight is 308 g/mol. The predicted molar refractivity (Wildman–Crippen MR) is 83.9 cm³/mol. The molecule has 2 unspecified atom stereocenters. The van der Waals surface area contributed by atoms with Crippen LogP contribution < -0.4 is 10.9 Å². The number of pyridine rings is 1. The average Bonchev–Trinajstić information content (AvgIpc) is 2.46. The number of aryl methyl sites for hydroxylation is 1. The first-order chi connectivity index (χ1) is 10.4. The second kappa shape index (κ2) is 8.36. The van der Waals surface area contributed by atoms with Gasteiger partial charge in [0.1, 0.15) is 12.1 Å². The third-order valence-electron chi connectivity index (χ3n) is 3.59. The van der Waals surface area contributed by atoms with Crippen molar-refractivity contribution in [1.29, 1.82) is 0 Å². The van der Waals surface area contributed by atoms with Gasteiger partial charge in [-0.2, -0.15) is 0 Å². The van der Waals surface area contributed by atoms with Crippen LogP contribution in [0.4, 0.5) is 0 Å². The van der Waals surface area contributed by atoms with E-state index in [2.05, 4.69) is 5.32 Å². The van der Waals surface area contributed by atoms with Crippen molar-refractivity contribution in [3.63, 3.8) is 0 Å². The number of carbonyl (C=O) groups is 2. The quantitative estimate of drug-likeness (QED) is 0.767. The zero-order valence-electron chi connectivity index (χ0n) is 13.3. The molecule has 6 heteroatoms. The number of aliphatic carboxylic acids is 1. The van der Waals surface area contributed by atoms with Crippen molar-refractivity contribution in [1.82, 2.24) is 9.88 Å². The molecule has 1 amide bonds. The Morgan fingerprint density at radius 3 is 2.55 bits per heavy atom. The van der Waals surface area contributed by atoms with Gasteiger partial charge in [-0.15, -0.1) is 0 Å². The van der Waals surface area contributed by atoms with Gasteiger partial charge < -0.3 is 15.0 Å². The number of carbonyl (C=O) groups excluding carboxylic acids is 1. The Bertz CT molecular complexity index is 580. The zero-order valence-corrected chi connectivity index (χ0v) is 13.3. The highest BCUT2D eigenvalue weighted by atomic mass is 16.4. The van der Waals surface area contributed by atoms with E-state index in [1.165, 1.54) is 10.6 Å². The van der Waals surface area contributed by atoms with Crippen molar-refractivity contribution in [2.45, 2.75) is 58.5 Å². The van der Waals surface area contributed by atoms with Crippen molar-refractivity contribution >= 4 is 11.9 Å². The molecule has 2 N–H and O–H groups in total. The minimum atomic E-state index is -1.05. The first-order valence-corrected chi connectivity index (χ1v) is 7.62. The number of nitrogens with one attached hydrogen (secondary N) is 1. The van der Waals surface area contributed by atoms with E-state index in [1.54, 1.807) is 26.1 Å². The normalized spacial score (nSPS) is 13.4. The van der Waals surface area contributed by atoms with E-state index < -0.39 is 24.0 Å². The number of carboxylic acid groups (broad SMARTS) is 1. The van der Waals surface area contributed by atoms with Gasteiger partial charge in [-0.05, 0) is 31.4 Å². The molecule has 0 aliphatic heterocycles. The Morgan fingerprint density at radius 1 is 1.36 bits per heavy atom. The molecule has 0 fully saturated rings. The van der Waals surface area contributed by atoms with Crippen LogP contribution in [0.3, 0.4) is 0 Å². The molecule has 1 aromatic heterocycles.